The van der Waals surface area contributed by atoms with Gasteiger partial charge in [-0.05, 0) is 53.8 Å². The Morgan fingerprint density at radius 2 is 1.57 bits per heavy atom. The fraction of sp³-hybridized carbons (Fsp3) is 0.294. The maximum Gasteiger partial charge on any atom is 0.206 e. The molecule has 0 aromatic heterocycles. The summed E-state index contributed by atoms with van der Waals surface area (Å²) in [6.07, 6.45) is 0. The van der Waals surface area contributed by atoms with E-state index >= 15 is 0 Å². The Kier molecular flexibility index (Phi) is 3.85. The fourth-order valence-electron chi connectivity index (χ4n) is 2.06. The van der Waals surface area contributed by atoms with Gasteiger partial charge in [-0.2, -0.15) is 0 Å². The van der Waals surface area contributed by atoms with E-state index in [4.69, 9.17) is 0 Å². The van der Waals surface area contributed by atoms with Gasteiger partial charge < -0.3 is 5.11 Å². The molecule has 0 aliphatic heterocycles. The number of aromatic hydroxyl groups is 1. The predicted octanol–water partition coefficient (Wildman–Crippen LogP) is 3.83. The van der Waals surface area contributed by atoms with Gasteiger partial charge in [0.15, 0.2) is 0 Å². The summed E-state index contributed by atoms with van der Waals surface area (Å²) in [6.45, 7) is 7.82. The average molecular weight is 304 g/mol. The molecule has 0 amide bonds. The molecule has 21 heavy (non-hydrogen) atoms. The summed E-state index contributed by atoms with van der Waals surface area (Å²) < 4.78 is 25.4. The SMILES string of the molecule is Cc1cc(S(=O)(=O)c2cccc(C(C)(C)C)c2)ccc1O. The lowest BCUT2D eigenvalue weighted by molar-refractivity contribution is 0.470. The van der Waals surface area contributed by atoms with E-state index in [-0.39, 0.29) is 21.0 Å². The number of benzene rings is 2. The van der Waals surface area contributed by atoms with Crippen molar-refractivity contribution in [2.24, 2.45) is 0 Å². The second kappa shape index (κ2) is 5.19. The van der Waals surface area contributed by atoms with Crippen molar-refractivity contribution < 1.29 is 13.5 Å². The molecule has 1 N–H and O–H groups in total. The van der Waals surface area contributed by atoms with Crippen LogP contribution in [0.3, 0.4) is 0 Å². The van der Waals surface area contributed by atoms with Gasteiger partial charge >= 0.3 is 0 Å². The molecule has 112 valence electrons. The van der Waals surface area contributed by atoms with Crippen molar-refractivity contribution in [2.45, 2.75) is 42.9 Å². The van der Waals surface area contributed by atoms with Gasteiger partial charge in [0.2, 0.25) is 9.84 Å². The number of rotatable bonds is 2. The van der Waals surface area contributed by atoms with Gasteiger partial charge in [-0.25, -0.2) is 8.42 Å². The summed E-state index contributed by atoms with van der Waals surface area (Å²) in [5, 5.41) is 9.54. The Balaban J connectivity index is 2.56. The van der Waals surface area contributed by atoms with Gasteiger partial charge in [0.25, 0.3) is 0 Å². The molecule has 0 fully saturated rings. The molecule has 0 atom stereocenters. The van der Waals surface area contributed by atoms with E-state index in [2.05, 4.69) is 0 Å². The highest BCUT2D eigenvalue weighted by Gasteiger charge is 2.21. The van der Waals surface area contributed by atoms with E-state index in [1.165, 1.54) is 18.2 Å². The highest BCUT2D eigenvalue weighted by Crippen LogP contribution is 2.29. The van der Waals surface area contributed by atoms with Crippen molar-refractivity contribution in [3.05, 3.63) is 53.6 Å². The van der Waals surface area contributed by atoms with Crippen LogP contribution in [0.2, 0.25) is 0 Å². The minimum atomic E-state index is -3.57. The number of hydrogen-bond donors (Lipinski definition) is 1. The molecule has 0 unspecified atom stereocenters. The van der Waals surface area contributed by atoms with Crippen molar-refractivity contribution in [3.8, 4) is 5.75 Å². The Hall–Kier alpha value is -1.81. The van der Waals surface area contributed by atoms with Gasteiger partial charge in [0, 0.05) is 0 Å². The highest BCUT2D eigenvalue weighted by atomic mass is 32.2. The number of phenolic OH excluding ortho intramolecular Hbond substituents is 1. The first-order valence-corrected chi connectivity index (χ1v) is 8.26. The molecule has 0 bridgehead atoms. The minimum Gasteiger partial charge on any atom is -0.508 e. The van der Waals surface area contributed by atoms with Crippen LogP contribution >= 0.6 is 0 Å². The summed E-state index contributed by atoms with van der Waals surface area (Å²) in [6, 6.07) is 11.4. The third kappa shape index (κ3) is 3.10. The molecular formula is C17H20O3S. The molecule has 4 heteroatoms. The van der Waals surface area contributed by atoms with Crippen LogP contribution in [-0.4, -0.2) is 13.5 Å². The topological polar surface area (TPSA) is 54.4 Å². The van der Waals surface area contributed by atoms with Gasteiger partial charge in [-0.15, -0.1) is 0 Å². The first-order valence-electron chi connectivity index (χ1n) is 6.77. The summed E-state index contributed by atoms with van der Waals surface area (Å²) in [4.78, 5) is 0.476. The van der Waals surface area contributed by atoms with Crippen molar-refractivity contribution in [3.63, 3.8) is 0 Å². The maximum atomic E-state index is 12.7. The first kappa shape index (κ1) is 15.6. The lowest BCUT2D eigenvalue weighted by Gasteiger charge is -2.19. The minimum absolute atomic E-state index is 0.0948. The molecule has 2 rings (SSSR count). The van der Waals surface area contributed by atoms with Crippen LogP contribution < -0.4 is 0 Å². The normalized spacial score (nSPS) is 12.4. The Bertz CT molecular complexity index is 769. The van der Waals surface area contributed by atoms with E-state index < -0.39 is 9.84 Å². The second-order valence-corrected chi connectivity index (χ2v) is 8.18. The lowest BCUT2D eigenvalue weighted by atomic mass is 9.87. The number of aryl methyl sites for hydroxylation is 1. The highest BCUT2D eigenvalue weighted by molar-refractivity contribution is 7.91. The molecule has 0 saturated carbocycles. The molecule has 0 aliphatic carbocycles. The molecule has 2 aromatic rings. The van der Waals surface area contributed by atoms with Crippen molar-refractivity contribution in [1.29, 1.82) is 0 Å². The average Bonchev–Trinajstić information content (AvgIpc) is 2.41. The third-order valence-electron chi connectivity index (χ3n) is 3.49. The summed E-state index contributed by atoms with van der Waals surface area (Å²) >= 11 is 0. The zero-order valence-electron chi connectivity index (χ0n) is 12.7. The van der Waals surface area contributed by atoms with Crippen molar-refractivity contribution >= 4 is 9.84 Å². The molecule has 3 nitrogen and oxygen atoms in total. The van der Waals surface area contributed by atoms with Crippen LogP contribution in [0, 0.1) is 6.92 Å². The van der Waals surface area contributed by atoms with E-state index in [1.807, 2.05) is 26.8 Å². The van der Waals surface area contributed by atoms with E-state index in [1.54, 1.807) is 25.1 Å². The number of phenols is 1. The maximum absolute atomic E-state index is 12.7. The van der Waals surface area contributed by atoms with Gasteiger partial charge in [0.1, 0.15) is 5.75 Å². The van der Waals surface area contributed by atoms with Crippen LogP contribution in [0.4, 0.5) is 0 Å². The van der Waals surface area contributed by atoms with E-state index in [0.717, 1.165) is 5.56 Å². The zero-order chi connectivity index (χ0) is 15.8. The Morgan fingerprint density at radius 1 is 0.952 bits per heavy atom. The Labute approximate surface area is 126 Å². The van der Waals surface area contributed by atoms with Crippen LogP contribution in [-0.2, 0) is 15.3 Å². The monoisotopic (exact) mass is 304 g/mol. The van der Waals surface area contributed by atoms with Gasteiger partial charge in [-0.1, -0.05) is 32.9 Å². The van der Waals surface area contributed by atoms with Gasteiger partial charge in [0.05, 0.1) is 9.79 Å². The van der Waals surface area contributed by atoms with E-state index in [9.17, 15) is 13.5 Å². The molecular weight excluding hydrogens is 284 g/mol. The van der Waals surface area contributed by atoms with Crippen LogP contribution in [0.25, 0.3) is 0 Å². The smallest absolute Gasteiger partial charge is 0.206 e. The predicted molar refractivity (Wildman–Crippen MR) is 83.4 cm³/mol. The molecule has 0 radical (unpaired) electrons. The number of hydrogen-bond acceptors (Lipinski definition) is 3. The van der Waals surface area contributed by atoms with Gasteiger partial charge in [-0.3, -0.25) is 0 Å². The van der Waals surface area contributed by atoms with Crippen molar-refractivity contribution in [1.82, 2.24) is 0 Å². The number of sulfone groups is 1. The zero-order valence-corrected chi connectivity index (χ0v) is 13.5. The third-order valence-corrected chi connectivity index (χ3v) is 5.24. The standard InChI is InChI=1S/C17H20O3S/c1-12-10-15(8-9-16(12)18)21(19,20)14-7-5-6-13(11-14)17(2,3)4/h5-11,18H,1-4H3. The molecule has 0 heterocycles. The summed E-state index contributed by atoms with van der Waals surface area (Å²) in [7, 11) is -3.57. The molecule has 0 aliphatic rings. The largest absolute Gasteiger partial charge is 0.508 e. The second-order valence-electron chi connectivity index (χ2n) is 6.23. The summed E-state index contributed by atoms with van der Waals surface area (Å²) in [5.41, 5.74) is 1.40. The quantitative estimate of drug-likeness (QED) is 0.917. The lowest BCUT2D eigenvalue weighted by Crippen LogP contribution is -2.12. The molecule has 2 aromatic carbocycles. The van der Waals surface area contributed by atoms with Crippen molar-refractivity contribution in [2.75, 3.05) is 0 Å². The van der Waals surface area contributed by atoms with Crippen LogP contribution in [0.5, 0.6) is 5.75 Å². The fourth-order valence-corrected chi connectivity index (χ4v) is 3.45. The molecule has 0 spiro atoms. The van der Waals surface area contributed by atoms with E-state index in [0.29, 0.717) is 5.56 Å². The first-order chi connectivity index (χ1) is 9.62. The molecule has 0 saturated heterocycles. The van der Waals surface area contributed by atoms with Crippen LogP contribution in [0.15, 0.2) is 52.3 Å². The Morgan fingerprint density at radius 3 is 2.14 bits per heavy atom. The van der Waals surface area contributed by atoms with Crippen LogP contribution in [0.1, 0.15) is 31.9 Å². The summed E-state index contributed by atoms with van der Waals surface area (Å²) in [5.74, 6) is 0.0948.